The molecule has 0 saturated heterocycles. The van der Waals surface area contributed by atoms with Crippen LogP contribution in [0.15, 0.2) is 24.3 Å². The summed E-state index contributed by atoms with van der Waals surface area (Å²) < 4.78 is 10.4. The van der Waals surface area contributed by atoms with Crippen LogP contribution in [0.2, 0.25) is 5.02 Å². The molecule has 0 bridgehead atoms. The molecule has 4 nitrogen and oxygen atoms in total. The van der Waals surface area contributed by atoms with Gasteiger partial charge in [-0.1, -0.05) is 25.4 Å². The van der Waals surface area contributed by atoms with Crippen molar-refractivity contribution in [1.29, 1.82) is 0 Å². The van der Waals surface area contributed by atoms with Crippen LogP contribution in [-0.4, -0.2) is 43.7 Å². The maximum Gasteiger partial charge on any atom is 0.344 e. The van der Waals surface area contributed by atoms with Crippen molar-refractivity contribution in [3.63, 3.8) is 0 Å². The maximum atomic E-state index is 11.4. The van der Waals surface area contributed by atoms with E-state index in [0.717, 1.165) is 19.6 Å². The predicted molar refractivity (Wildman–Crippen MR) is 82.9 cm³/mol. The van der Waals surface area contributed by atoms with Gasteiger partial charge in [-0.05, 0) is 37.4 Å². The van der Waals surface area contributed by atoms with Crippen molar-refractivity contribution in [2.75, 3.05) is 32.8 Å². The van der Waals surface area contributed by atoms with Gasteiger partial charge in [0, 0.05) is 11.6 Å². The Hall–Kier alpha value is -0.970. The van der Waals surface area contributed by atoms with Gasteiger partial charge in [-0.3, -0.25) is 0 Å². The van der Waals surface area contributed by atoms with E-state index in [-0.39, 0.29) is 25.0 Å². The molecular formula is C14H21Cl2NO3. The van der Waals surface area contributed by atoms with E-state index in [0.29, 0.717) is 17.4 Å². The largest absolute Gasteiger partial charge is 0.482 e. The number of carbonyl (C=O) groups excluding carboxylic acids is 1. The van der Waals surface area contributed by atoms with Crippen LogP contribution in [0.1, 0.15) is 13.8 Å². The molecule has 0 aromatic heterocycles. The summed E-state index contributed by atoms with van der Waals surface area (Å²) in [6.07, 6.45) is 0. The van der Waals surface area contributed by atoms with E-state index in [9.17, 15) is 4.79 Å². The molecule has 0 aliphatic rings. The van der Waals surface area contributed by atoms with Gasteiger partial charge in [-0.25, -0.2) is 4.79 Å². The van der Waals surface area contributed by atoms with Crippen molar-refractivity contribution in [3.8, 4) is 5.75 Å². The van der Waals surface area contributed by atoms with Crippen molar-refractivity contribution in [2.24, 2.45) is 0 Å². The fourth-order valence-corrected chi connectivity index (χ4v) is 1.67. The van der Waals surface area contributed by atoms with Gasteiger partial charge in [0.1, 0.15) is 12.4 Å². The van der Waals surface area contributed by atoms with Gasteiger partial charge in [0.25, 0.3) is 0 Å². The molecule has 0 aliphatic heterocycles. The summed E-state index contributed by atoms with van der Waals surface area (Å²) in [6, 6.07) is 6.85. The minimum absolute atomic E-state index is 0. The van der Waals surface area contributed by atoms with Gasteiger partial charge < -0.3 is 14.4 Å². The molecule has 114 valence electrons. The number of hydrogen-bond donors (Lipinski definition) is 0. The standard InChI is InChI=1S/C14H20ClNO3.ClH/c1-3-16(4-2)9-10-18-14(17)11-19-13-7-5-12(15)6-8-13;/h5-8H,3-4,9-11H2,1-2H3;1H. The number of benzene rings is 1. The first-order chi connectivity index (χ1) is 9.15. The monoisotopic (exact) mass is 321 g/mol. The van der Waals surface area contributed by atoms with Crippen LogP contribution in [0.5, 0.6) is 5.75 Å². The van der Waals surface area contributed by atoms with Crippen molar-refractivity contribution >= 4 is 30.0 Å². The Morgan fingerprint density at radius 2 is 1.80 bits per heavy atom. The number of ether oxygens (including phenoxy) is 2. The second-order valence-corrected chi connectivity index (χ2v) is 4.43. The molecule has 1 rings (SSSR count). The molecule has 1 aromatic rings. The molecule has 6 heteroatoms. The van der Waals surface area contributed by atoms with E-state index >= 15 is 0 Å². The topological polar surface area (TPSA) is 38.8 Å². The number of nitrogens with zero attached hydrogens (tertiary/aromatic N) is 1. The first-order valence-corrected chi connectivity index (χ1v) is 6.79. The Balaban J connectivity index is 0.00000361. The van der Waals surface area contributed by atoms with Crippen LogP contribution in [0, 0.1) is 0 Å². The summed E-state index contributed by atoms with van der Waals surface area (Å²) in [5.41, 5.74) is 0. The first kappa shape index (κ1) is 19.0. The molecule has 0 fully saturated rings. The number of hydrogen-bond acceptors (Lipinski definition) is 4. The minimum atomic E-state index is -0.359. The first-order valence-electron chi connectivity index (χ1n) is 6.42. The third-order valence-corrected chi connectivity index (χ3v) is 2.99. The molecule has 0 radical (unpaired) electrons. The Kier molecular flexibility index (Phi) is 10.3. The summed E-state index contributed by atoms with van der Waals surface area (Å²) in [6.45, 7) is 7.12. The Labute approximate surface area is 131 Å². The third-order valence-electron chi connectivity index (χ3n) is 2.74. The fraction of sp³-hybridized carbons (Fsp3) is 0.500. The SMILES string of the molecule is CCN(CC)CCOC(=O)COc1ccc(Cl)cc1.Cl. The number of likely N-dealkylation sites (N-methyl/N-ethyl adjacent to an activating group) is 1. The highest BCUT2D eigenvalue weighted by atomic mass is 35.5. The zero-order valence-electron chi connectivity index (χ0n) is 11.8. The van der Waals surface area contributed by atoms with E-state index in [1.165, 1.54) is 0 Å². The normalized spacial score (nSPS) is 10.0. The lowest BCUT2D eigenvalue weighted by molar-refractivity contribution is -0.146. The van der Waals surface area contributed by atoms with E-state index in [1.807, 2.05) is 0 Å². The quantitative estimate of drug-likeness (QED) is 0.690. The highest BCUT2D eigenvalue weighted by Gasteiger charge is 2.05. The smallest absolute Gasteiger partial charge is 0.344 e. The van der Waals surface area contributed by atoms with Crippen LogP contribution in [0.4, 0.5) is 0 Å². The molecule has 0 N–H and O–H groups in total. The Morgan fingerprint density at radius 3 is 2.35 bits per heavy atom. The summed E-state index contributed by atoms with van der Waals surface area (Å²) in [5, 5.41) is 0.633. The van der Waals surface area contributed by atoms with Crippen LogP contribution in [0.25, 0.3) is 0 Å². The molecule has 0 amide bonds. The van der Waals surface area contributed by atoms with Crippen molar-refractivity contribution in [3.05, 3.63) is 29.3 Å². The second-order valence-electron chi connectivity index (χ2n) is 3.99. The molecule has 0 saturated carbocycles. The van der Waals surface area contributed by atoms with E-state index in [4.69, 9.17) is 21.1 Å². The summed E-state index contributed by atoms with van der Waals surface area (Å²) >= 11 is 5.75. The van der Waals surface area contributed by atoms with Gasteiger partial charge >= 0.3 is 5.97 Å². The second kappa shape index (κ2) is 10.8. The summed E-state index contributed by atoms with van der Waals surface area (Å²) in [5.74, 6) is 0.243. The molecular weight excluding hydrogens is 301 g/mol. The average molecular weight is 322 g/mol. The van der Waals surface area contributed by atoms with Gasteiger partial charge in [0.2, 0.25) is 0 Å². The summed E-state index contributed by atoms with van der Waals surface area (Å²) in [7, 11) is 0. The van der Waals surface area contributed by atoms with Gasteiger partial charge in [0.05, 0.1) is 0 Å². The lowest BCUT2D eigenvalue weighted by Gasteiger charge is -2.17. The van der Waals surface area contributed by atoms with E-state index in [1.54, 1.807) is 24.3 Å². The average Bonchev–Trinajstić information content (AvgIpc) is 2.43. The number of carbonyl (C=O) groups is 1. The molecule has 20 heavy (non-hydrogen) atoms. The molecule has 1 aromatic carbocycles. The van der Waals surface area contributed by atoms with Gasteiger partial charge in [0.15, 0.2) is 6.61 Å². The maximum absolute atomic E-state index is 11.4. The predicted octanol–water partition coefficient (Wildman–Crippen LogP) is 3.03. The minimum Gasteiger partial charge on any atom is -0.482 e. The van der Waals surface area contributed by atoms with E-state index in [2.05, 4.69) is 18.7 Å². The Bertz CT molecular complexity index is 381. The number of rotatable bonds is 8. The van der Waals surface area contributed by atoms with Crippen LogP contribution >= 0.6 is 24.0 Å². The van der Waals surface area contributed by atoms with Crippen molar-refractivity contribution in [2.45, 2.75) is 13.8 Å². The van der Waals surface area contributed by atoms with Crippen LogP contribution < -0.4 is 4.74 Å². The van der Waals surface area contributed by atoms with Crippen molar-refractivity contribution in [1.82, 2.24) is 4.90 Å². The summed E-state index contributed by atoms with van der Waals surface area (Å²) in [4.78, 5) is 13.6. The molecule has 0 unspecified atom stereocenters. The highest BCUT2D eigenvalue weighted by Crippen LogP contribution is 2.15. The zero-order chi connectivity index (χ0) is 14.1. The van der Waals surface area contributed by atoms with Crippen LogP contribution in [0.3, 0.4) is 0 Å². The highest BCUT2D eigenvalue weighted by molar-refractivity contribution is 6.30. The molecule has 0 aliphatic carbocycles. The van der Waals surface area contributed by atoms with Crippen LogP contribution in [-0.2, 0) is 9.53 Å². The third kappa shape index (κ3) is 7.58. The molecule has 0 spiro atoms. The van der Waals surface area contributed by atoms with Gasteiger partial charge in [-0.2, -0.15) is 0 Å². The van der Waals surface area contributed by atoms with Gasteiger partial charge in [-0.15, -0.1) is 12.4 Å². The Morgan fingerprint density at radius 1 is 1.20 bits per heavy atom. The lowest BCUT2D eigenvalue weighted by atomic mass is 10.3. The van der Waals surface area contributed by atoms with E-state index < -0.39 is 0 Å². The van der Waals surface area contributed by atoms with Crippen molar-refractivity contribution < 1.29 is 14.3 Å². The fourth-order valence-electron chi connectivity index (χ4n) is 1.54. The lowest BCUT2D eigenvalue weighted by Crippen LogP contribution is -2.28. The number of halogens is 2. The zero-order valence-corrected chi connectivity index (χ0v) is 13.4. The number of esters is 1. The molecule has 0 heterocycles. The molecule has 0 atom stereocenters.